The molecule has 1 aromatic carbocycles. The van der Waals surface area contributed by atoms with Crippen molar-refractivity contribution in [3.63, 3.8) is 0 Å². The number of benzene rings is 1. The van der Waals surface area contributed by atoms with E-state index in [9.17, 15) is 14.9 Å². The minimum atomic E-state index is -0.538. The first-order chi connectivity index (χ1) is 11.0. The van der Waals surface area contributed by atoms with Gasteiger partial charge in [0.05, 0.1) is 24.7 Å². The zero-order chi connectivity index (χ0) is 16.8. The number of aryl methyl sites for hydroxylation is 1. The van der Waals surface area contributed by atoms with Crippen LogP contribution in [0.3, 0.4) is 0 Å². The molecule has 0 radical (unpaired) electrons. The molecule has 0 aliphatic carbocycles. The Balaban J connectivity index is 2.00. The van der Waals surface area contributed by atoms with Crippen molar-refractivity contribution in [2.75, 3.05) is 7.11 Å². The van der Waals surface area contributed by atoms with E-state index >= 15 is 0 Å². The molecule has 0 bridgehead atoms. The van der Waals surface area contributed by atoms with Gasteiger partial charge in [-0.25, -0.2) is 5.43 Å². The molecule has 1 heterocycles. The smallest absolute Gasteiger partial charge is 0.311 e. The fourth-order valence-corrected chi connectivity index (χ4v) is 1.99. The molecule has 0 aliphatic rings. The van der Waals surface area contributed by atoms with Crippen LogP contribution in [0.15, 0.2) is 41.6 Å². The predicted octanol–water partition coefficient (Wildman–Crippen LogP) is 1.63. The van der Waals surface area contributed by atoms with Crippen LogP contribution < -0.4 is 10.2 Å². The molecule has 0 atom stereocenters. The quantitative estimate of drug-likeness (QED) is 0.497. The molecular formula is C15H16N4O4. The lowest BCUT2D eigenvalue weighted by atomic mass is 10.2. The van der Waals surface area contributed by atoms with Crippen molar-refractivity contribution < 1.29 is 14.5 Å². The lowest BCUT2D eigenvalue weighted by Crippen LogP contribution is -2.20. The average Bonchev–Trinajstić information content (AvgIpc) is 2.92. The van der Waals surface area contributed by atoms with Crippen LogP contribution in [0.5, 0.6) is 5.75 Å². The molecule has 0 saturated heterocycles. The molecule has 2 rings (SSSR count). The number of methoxy groups -OCH3 is 1. The van der Waals surface area contributed by atoms with E-state index in [0.717, 1.165) is 5.69 Å². The van der Waals surface area contributed by atoms with Gasteiger partial charge >= 0.3 is 5.69 Å². The van der Waals surface area contributed by atoms with Gasteiger partial charge in [-0.1, -0.05) is 0 Å². The Morgan fingerprint density at radius 2 is 2.26 bits per heavy atom. The fourth-order valence-electron chi connectivity index (χ4n) is 1.99. The van der Waals surface area contributed by atoms with Crippen LogP contribution >= 0.6 is 0 Å². The second-order valence-corrected chi connectivity index (χ2v) is 4.77. The Labute approximate surface area is 132 Å². The van der Waals surface area contributed by atoms with E-state index in [2.05, 4.69) is 10.5 Å². The number of hydrazone groups is 1. The number of nitro benzene ring substituents is 1. The molecule has 8 nitrogen and oxygen atoms in total. The fraction of sp³-hybridized carbons (Fsp3) is 0.200. The van der Waals surface area contributed by atoms with Crippen LogP contribution in [0.25, 0.3) is 0 Å². The van der Waals surface area contributed by atoms with Gasteiger partial charge in [-0.3, -0.25) is 14.9 Å². The van der Waals surface area contributed by atoms with E-state index < -0.39 is 4.92 Å². The van der Waals surface area contributed by atoms with Crippen LogP contribution in [0.2, 0.25) is 0 Å². The summed E-state index contributed by atoms with van der Waals surface area (Å²) in [6.45, 7) is 0. The van der Waals surface area contributed by atoms with E-state index in [-0.39, 0.29) is 23.8 Å². The average molecular weight is 316 g/mol. The zero-order valence-electron chi connectivity index (χ0n) is 12.7. The number of hydrogen-bond acceptors (Lipinski definition) is 5. The number of aromatic nitrogens is 1. The lowest BCUT2D eigenvalue weighted by Gasteiger charge is -2.03. The normalized spacial score (nSPS) is 10.7. The van der Waals surface area contributed by atoms with Gasteiger partial charge in [-0.15, -0.1) is 0 Å². The largest absolute Gasteiger partial charge is 0.490 e. The molecule has 8 heteroatoms. The Morgan fingerprint density at radius 1 is 1.48 bits per heavy atom. The topological polar surface area (TPSA) is 98.8 Å². The second kappa shape index (κ2) is 7.21. The van der Waals surface area contributed by atoms with E-state index in [4.69, 9.17) is 4.74 Å². The summed E-state index contributed by atoms with van der Waals surface area (Å²) in [5.74, 6) is -0.106. The summed E-state index contributed by atoms with van der Waals surface area (Å²) in [6.07, 6.45) is 3.39. The number of nitro groups is 1. The van der Waals surface area contributed by atoms with Crippen molar-refractivity contribution in [1.82, 2.24) is 9.99 Å². The van der Waals surface area contributed by atoms with Gasteiger partial charge in [0.1, 0.15) is 0 Å². The third-order valence-electron chi connectivity index (χ3n) is 3.20. The Hall–Kier alpha value is -3.16. The van der Waals surface area contributed by atoms with Gasteiger partial charge in [0.15, 0.2) is 5.75 Å². The Bertz CT molecular complexity index is 752. The molecule has 1 amide bonds. The van der Waals surface area contributed by atoms with Gasteiger partial charge in [-0.2, -0.15) is 5.10 Å². The molecule has 0 saturated carbocycles. The van der Waals surface area contributed by atoms with Gasteiger partial charge in [0, 0.05) is 30.6 Å². The highest BCUT2D eigenvalue weighted by molar-refractivity contribution is 5.84. The molecule has 0 fully saturated rings. The number of amides is 1. The molecule has 0 aliphatic heterocycles. The monoisotopic (exact) mass is 316 g/mol. The highest BCUT2D eigenvalue weighted by Gasteiger charge is 2.14. The molecule has 2 aromatic rings. The van der Waals surface area contributed by atoms with Gasteiger partial charge in [0.2, 0.25) is 5.91 Å². The van der Waals surface area contributed by atoms with E-state index in [0.29, 0.717) is 5.56 Å². The van der Waals surface area contributed by atoms with Crippen LogP contribution in [-0.2, 0) is 18.3 Å². The molecule has 1 aromatic heterocycles. The zero-order valence-corrected chi connectivity index (χ0v) is 12.7. The minimum absolute atomic E-state index is 0.161. The standard InChI is InChI=1S/C15H16N4O4/c1-18-7-3-4-12(18)9-15(20)17-16-10-11-5-6-14(23-2)13(8-11)19(21)22/h3-8,10H,9H2,1-2H3,(H,17,20). The van der Waals surface area contributed by atoms with Gasteiger partial charge < -0.3 is 9.30 Å². The summed E-state index contributed by atoms with van der Waals surface area (Å²) in [5, 5.41) is 14.7. The maximum absolute atomic E-state index is 11.8. The SMILES string of the molecule is COc1ccc(C=NNC(=O)Cc2cccn2C)cc1[N+](=O)[O-]. The molecule has 0 spiro atoms. The van der Waals surface area contributed by atoms with Gasteiger partial charge in [0.25, 0.3) is 0 Å². The molecule has 1 N–H and O–H groups in total. The van der Waals surface area contributed by atoms with Crippen LogP contribution in [0.4, 0.5) is 5.69 Å². The molecule has 0 unspecified atom stereocenters. The third-order valence-corrected chi connectivity index (χ3v) is 3.20. The molecular weight excluding hydrogens is 300 g/mol. The summed E-state index contributed by atoms with van der Waals surface area (Å²) in [5.41, 5.74) is 3.57. The van der Waals surface area contributed by atoms with E-state index in [1.54, 1.807) is 6.07 Å². The van der Waals surface area contributed by atoms with E-state index in [1.165, 1.54) is 25.5 Å². The van der Waals surface area contributed by atoms with Crippen molar-refractivity contribution in [3.8, 4) is 5.75 Å². The van der Waals surface area contributed by atoms with E-state index in [1.807, 2.05) is 29.9 Å². The third kappa shape index (κ3) is 4.16. The summed E-state index contributed by atoms with van der Waals surface area (Å²) in [6, 6.07) is 8.11. The number of nitrogens with zero attached hydrogens (tertiary/aromatic N) is 3. The summed E-state index contributed by atoms with van der Waals surface area (Å²) in [7, 11) is 3.21. The number of hydrogen-bond donors (Lipinski definition) is 1. The summed E-state index contributed by atoms with van der Waals surface area (Å²) >= 11 is 0. The van der Waals surface area contributed by atoms with Crippen molar-refractivity contribution in [2.24, 2.45) is 12.1 Å². The lowest BCUT2D eigenvalue weighted by molar-refractivity contribution is -0.385. The molecule has 23 heavy (non-hydrogen) atoms. The van der Waals surface area contributed by atoms with Crippen molar-refractivity contribution >= 4 is 17.8 Å². The van der Waals surface area contributed by atoms with Gasteiger partial charge in [-0.05, 0) is 24.3 Å². The first-order valence-electron chi connectivity index (χ1n) is 6.76. The summed E-state index contributed by atoms with van der Waals surface area (Å²) < 4.78 is 6.76. The van der Waals surface area contributed by atoms with Crippen molar-refractivity contribution in [2.45, 2.75) is 6.42 Å². The van der Waals surface area contributed by atoms with Crippen LogP contribution in [-0.4, -0.2) is 28.7 Å². The maximum Gasteiger partial charge on any atom is 0.311 e. The number of ether oxygens (including phenoxy) is 1. The second-order valence-electron chi connectivity index (χ2n) is 4.77. The first-order valence-corrected chi connectivity index (χ1v) is 6.76. The first kappa shape index (κ1) is 16.2. The number of carbonyl (C=O) groups excluding carboxylic acids is 1. The summed E-state index contributed by atoms with van der Waals surface area (Å²) in [4.78, 5) is 22.2. The van der Waals surface area contributed by atoms with Crippen molar-refractivity contribution in [1.29, 1.82) is 0 Å². The highest BCUT2D eigenvalue weighted by atomic mass is 16.6. The molecule has 120 valence electrons. The number of rotatable bonds is 6. The van der Waals surface area contributed by atoms with Crippen molar-refractivity contribution in [3.05, 3.63) is 57.9 Å². The predicted molar refractivity (Wildman–Crippen MR) is 84.5 cm³/mol. The number of carbonyl (C=O) groups is 1. The minimum Gasteiger partial charge on any atom is -0.490 e. The number of nitrogens with one attached hydrogen (secondary N) is 1. The maximum atomic E-state index is 11.8. The highest BCUT2D eigenvalue weighted by Crippen LogP contribution is 2.26. The Morgan fingerprint density at radius 3 is 2.87 bits per heavy atom. The van der Waals surface area contributed by atoms with Crippen LogP contribution in [0, 0.1) is 10.1 Å². The van der Waals surface area contributed by atoms with Crippen LogP contribution in [0.1, 0.15) is 11.3 Å². The Kier molecular flexibility index (Phi) is 5.08.